The molecule has 5 rings (SSSR count). The van der Waals surface area contributed by atoms with Crippen LogP contribution in [0, 0.1) is 0 Å². The zero-order valence-electron chi connectivity index (χ0n) is 16.5. The van der Waals surface area contributed by atoms with E-state index in [-0.39, 0.29) is 18.4 Å². The first-order valence-electron chi connectivity index (χ1n) is 9.57. The maximum Gasteiger partial charge on any atom is 0.257 e. The molecular weight excluding hydrogens is 390 g/mol. The van der Waals surface area contributed by atoms with Crippen molar-refractivity contribution in [2.45, 2.75) is 19.9 Å². The number of hydrogen-bond acceptors (Lipinski definition) is 7. The van der Waals surface area contributed by atoms with E-state index < -0.39 is 0 Å². The Labute approximate surface area is 171 Å². The first-order valence-corrected chi connectivity index (χ1v) is 10.4. The van der Waals surface area contributed by atoms with Crippen molar-refractivity contribution < 1.29 is 9.59 Å². The minimum absolute atomic E-state index is 0.0403. The third-order valence-electron chi connectivity index (χ3n) is 5.59. The number of hydrogen-bond donors (Lipinski definition) is 0. The monoisotopic (exact) mass is 411 g/mol. The minimum atomic E-state index is -0.0681. The van der Waals surface area contributed by atoms with Crippen molar-refractivity contribution in [3.8, 4) is 0 Å². The molecule has 3 aromatic heterocycles. The maximum absolute atomic E-state index is 13.0. The van der Waals surface area contributed by atoms with Crippen molar-refractivity contribution >= 4 is 45.3 Å². The summed E-state index contributed by atoms with van der Waals surface area (Å²) in [7, 11) is 3.61. The van der Waals surface area contributed by atoms with Crippen LogP contribution >= 0.6 is 11.3 Å². The van der Waals surface area contributed by atoms with E-state index in [0.717, 1.165) is 27.4 Å². The largest absolute Gasteiger partial charge is 0.335 e. The molecule has 0 unspecified atom stereocenters. The summed E-state index contributed by atoms with van der Waals surface area (Å²) in [4.78, 5) is 45.5. The number of fused-ring (bicyclic) bond motifs is 4. The summed E-state index contributed by atoms with van der Waals surface area (Å²) >= 11 is 1.54. The molecule has 0 spiro atoms. The molecule has 0 bridgehead atoms. The van der Waals surface area contributed by atoms with Gasteiger partial charge in [0.15, 0.2) is 5.65 Å². The first-order chi connectivity index (χ1) is 14.0. The quantitative estimate of drug-likeness (QED) is 0.634. The average Bonchev–Trinajstić information content (AvgIpc) is 3.25. The van der Waals surface area contributed by atoms with Crippen molar-refractivity contribution in [1.82, 2.24) is 24.4 Å². The van der Waals surface area contributed by atoms with Crippen molar-refractivity contribution in [1.29, 1.82) is 0 Å². The van der Waals surface area contributed by atoms with Gasteiger partial charge in [0.2, 0.25) is 11.9 Å². The number of aromatic nitrogens is 4. The van der Waals surface area contributed by atoms with Crippen LogP contribution in [0.2, 0.25) is 0 Å². The highest BCUT2D eigenvalue weighted by atomic mass is 32.1. The highest BCUT2D eigenvalue weighted by molar-refractivity contribution is 7.17. The third-order valence-corrected chi connectivity index (χ3v) is 6.83. The van der Waals surface area contributed by atoms with E-state index >= 15 is 0 Å². The standard InChI is InChI=1S/C19H21N7O2S/c1-4-26-14(27)9-23(2)17(28)15-11-5-6-25(8-13(11)29-18(15)26)19-20-7-12-16(22-19)21-10-24(12)3/h7,10H,4-6,8-9H2,1-3H3. The number of carbonyl (C=O) groups is 2. The van der Waals surface area contributed by atoms with Crippen molar-refractivity contribution in [2.24, 2.45) is 7.05 Å². The highest BCUT2D eigenvalue weighted by Gasteiger charge is 2.36. The van der Waals surface area contributed by atoms with E-state index in [9.17, 15) is 9.59 Å². The van der Waals surface area contributed by atoms with Gasteiger partial charge in [0.1, 0.15) is 17.1 Å². The number of anilines is 2. The smallest absolute Gasteiger partial charge is 0.257 e. The molecular formula is C19H21N7O2S. The van der Waals surface area contributed by atoms with Gasteiger partial charge in [0.05, 0.1) is 24.6 Å². The lowest BCUT2D eigenvalue weighted by atomic mass is 10.0. The summed E-state index contributed by atoms with van der Waals surface area (Å²) in [6, 6.07) is 0. The molecule has 9 nitrogen and oxygen atoms in total. The SMILES string of the molecule is CCN1C(=O)CN(C)C(=O)c2c1sc1c2CCN(c2ncc3c(ncn3C)n2)C1. The van der Waals surface area contributed by atoms with Gasteiger partial charge in [-0.1, -0.05) is 0 Å². The van der Waals surface area contributed by atoms with Gasteiger partial charge in [-0.05, 0) is 18.9 Å². The Morgan fingerprint density at radius 3 is 2.79 bits per heavy atom. The van der Waals surface area contributed by atoms with Gasteiger partial charge < -0.3 is 19.3 Å². The van der Waals surface area contributed by atoms with Crippen molar-refractivity contribution in [2.75, 3.05) is 36.5 Å². The fraction of sp³-hybridized carbons (Fsp3) is 0.421. The molecule has 0 atom stereocenters. The van der Waals surface area contributed by atoms with Gasteiger partial charge in [-0.3, -0.25) is 9.59 Å². The number of carbonyl (C=O) groups excluding carboxylic acids is 2. The lowest BCUT2D eigenvalue weighted by molar-refractivity contribution is -0.118. The predicted molar refractivity (Wildman–Crippen MR) is 110 cm³/mol. The van der Waals surface area contributed by atoms with E-state index in [1.54, 1.807) is 35.8 Å². The Morgan fingerprint density at radius 2 is 2.00 bits per heavy atom. The summed E-state index contributed by atoms with van der Waals surface area (Å²) in [6.45, 7) is 3.94. The summed E-state index contributed by atoms with van der Waals surface area (Å²) in [6.07, 6.45) is 4.24. The Hall–Kier alpha value is -3.01. The number of nitrogens with zero attached hydrogens (tertiary/aromatic N) is 7. The lowest BCUT2D eigenvalue weighted by Gasteiger charge is -2.27. The maximum atomic E-state index is 13.0. The fourth-order valence-electron chi connectivity index (χ4n) is 4.01. The van der Waals surface area contributed by atoms with Crippen LogP contribution < -0.4 is 9.80 Å². The van der Waals surface area contributed by atoms with Gasteiger partial charge in [-0.15, -0.1) is 11.3 Å². The van der Waals surface area contributed by atoms with Gasteiger partial charge >= 0.3 is 0 Å². The molecule has 2 amide bonds. The Kier molecular flexibility index (Phi) is 4.05. The van der Waals surface area contributed by atoms with Gasteiger partial charge in [0, 0.05) is 32.1 Å². The van der Waals surface area contributed by atoms with Crippen LogP contribution in [0.25, 0.3) is 11.2 Å². The summed E-state index contributed by atoms with van der Waals surface area (Å²) < 4.78 is 1.89. The fourth-order valence-corrected chi connectivity index (χ4v) is 5.45. The summed E-state index contributed by atoms with van der Waals surface area (Å²) in [5.74, 6) is 0.528. The summed E-state index contributed by atoms with van der Waals surface area (Å²) in [5, 5.41) is 0.778. The molecule has 29 heavy (non-hydrogen) atoms. The molecule has 0 aromatic carbocycles. The second-order valence-corrected chi connectivity index (χ2v) is 8.47. The van der Waals surface area contributed by atoms with Crippen molar-refractivity contribution in [3.05, 3.63) is 28.5 Å². The molecule has 5 heterocycles. The number of thiophene rings is 1. The molecule has 0 N–H and O–H groups in total. The van der Waals surface area contributed by atoms with E-state index in [1.165, 1.54) is 4.90 Å². The van der Waals surface area contributed by atoms with E-state index in [1.807, 2.05) is 18.5 Å². The van der Waals surface area contributed by atoms with Gasteiger partial charge in [0.25, 0.3) is 5.91 Å². The normalized spacial score (nSPS) is 17.0. The van der Waals surface area contributed by atoms with Crippen LogP contribution in [0.4, 0.5) is 10.9 Å². The molecule has 150 valence electrons. The average molecular weight is 411 g/mol. The van der Waals surface area contributed by atoms with Gasteiger partial charge in [-0.25, -0.2) is 9.97 Å². The molecule has 10 heteroatoms. The van der Waals surface area contributed by atoms with Gasteiger partial charge in [-0.2, -0.15) is 4.98 Å². The molecule has 0 saturated heterocycles. The molecule has 0 fully saturated rings. The van der Waals surface area contributed by atoms with E-state index in [0.29, 0.717) is 36.8 Å². The molecule has 3 aromatic rings. The predicted octanol–water partition coefficient (Wildman–Crippen LogP) is 1.43. The van der Waals surface area contributed by atoms with E-state index in [4.69, 9.17) is 0 Å². The van der Waals surface area contributed by atoms with E-state index in [2.05, 4.69) is 19.9 Å². The Morgan fingerprint density at radius 1 is 1.17 bits per heavy atom. The van der Waals surface area contributed by atoms with Crippen LogP contribution in [0.1, 0.15) is 27.7 Å². The van der Waals surface area contributed by atoms with Crippen LogP contribution in [0.5, 0.6) is 0 Å². The lowest BCUT2D eigenvalue weighted by Crippen LogP contribution is -2.37. The third kappa shape index (κ3) is 2.70. The highest BCUT2D eigenvalue weighted by Crippen LogP contribution is 2.41. The zero-order chi connectivity index (χ0) is 20.3. The molecule has 0 radical (unpaired) electrons. The number of likely N-dealkylation sites (N-methyl/N-ethyl adjacent to an activating group) is 2. The zero-order valence-corrected chi connectivity index (χ0v) is 17.4. The number of amides is 2. The van der Waals surface area contributed by atoms with Crippen LogP contribution in [0.3, 0.4) is 0 Å². The first kappa shape index (κ1) is 18.0. The molecule has 0 aliphatic carbocycles. The number of aryl methyl sites for hydroxylation is 1. The second-order valence-electron chi connectivity index (χ2n) is 7.39. The van der Waals surface area contributed by atoms with Crippen LogP contribution in [0.15, 0.2) is 12.5 Å². The van der Waals surface area contributed by atoms with Crippen LogP contribution in [-0.4, -0.2) is 62.9 Å². The summed E-state index contributed by atoms with van der Waals surface area (Å²) in [5.41, 5.74) is 3.32. The Balaban J connectivity index is 1.53. The molecule has 2 aliphatic rings. The molecule has 0 saturated carbocycles. The number of rotatable bonds is 2. The second kappa shape index (κ2) is 6.51. The minimum Gasteiger partial charge on any atom is -0.335 e. The van der Waals surface area contributed by atoms with Crippen molar-refractivity contribution in [3.63, 3.8) is 0 Å². The number of imidazole rings is 1. The molecule has 2 aliphatic heterocycles. The Bertz CT molecular complexity index is 1150. The topological polar surface area (TPSA) is 87.5 Å². The van der Waals surface area contributed by atoms with Crippen LogP contribution in [-0.2, 0) is 24.8 Å².